The summed E-state index contributed by atoms with van der Waals surface area (Å²) < 4.78 is 5.34. The summed E-state index contributed by atoms with van der Waals surface area (Å²) >= 11 is 7.91. The number of hydrogen-bond donors (Lipinski definition) is 1. The number of halogens is 1. The van der Waals surface area contributed by atoms with E-state index in [0.29, 0.717) is 6.04 Å². The van der Waals surface area contributed by atoms with Crippen LogP contribution in [0.5, 0.6) is 0 Å². The second kappa shape index (κ2) is 5.80. The van der Waals surface area contributed by atoms with Gasteiger partial charge < -0.3 is 10.1 Å². The van der Waals surface area contributed by atoms with Gasteiger partial charge in [0.15, 0.2) is 0 Å². The summed E-state index contributed by atoms with van der Waals surface area (Å²) in [7, 11) is 0. The Morgan fingerprint density at radius 3 is 3.12 bits per heavy atom. The third-order valence-electron chi connectivity index (χ3n) is 2.65. The number of thioether (sulfide) groups is 1. The van der Waals surface area contributed by atoms with E-state index in [4.69, 9.17) is 16.3 Å². The maximum absolute atomic E-state index is 6.13. The van der Waals surface area contributed by atoms with Gasteiger partial charge in [0, 0.05) is 23.1 Å². The molecular formula is C12H16ClNOS. The van der Waals surface area contributed by atoms with Crippen LogP contribution in [-0.2, 0) is 10.5 Å². The van der Waals surface area contributed by atoms with Crippen molar-refractivity contribution in [3.05, 3.63) is 28.8 Å². The molecule has 1 saturated heterocycles. The highest BCUT2D eigenvalue weighted by Crippen LogP contribution is 2.24. The van der Waals surface area contributed by atoms with Crippen molar-refractivity contribution >= 4 is 29.1 Å². The average molecular weight is 258 g/mol. The lowest BCUT2D eigenvalue weighted by Crippen LogP contribution is -2.18. The molecule has 1 heterocycles. The van der Waals surface area contributed by atoms with Crippen LogP contribution < -0.4 is 5.32 Å². The SMILES string of the molecule is CSCc1cc(NC2CCOC2)ccc1Cl. The van der Waals surface area contributed by atoms with Crippen LogP contribution >= 0.6 is 23.4 Å². The fourth-order valence-electron chi connectivity index (χ4n) is 1.81. The smallest absolute Gasteiger partial charge is 0.0668 e. The summed E-state index contributed by atoms with van der Waals surface area (Å²) in [5.74, 6) is 0.954. The summed E-state index contributed by atoms with van der Waals surface area (Å²) in [6.07, 6.45) is 3.17. The normalized spacial score (nSPS) is 20.0. The molecule has 0 spiro atoms. The van der Waals surface area contributed by atoms with E-state index < -0.39 is 0 Å². The van der Waals surface area contributed by atoms with E-state index in [1.54, 1.807) is 11.8 Å². The monoisotopic (exact) mass is 257 g/mol. The molecule has 1 aromatic rings. The van der Waals surface area contributed by atoms with Gasteiger partial charge in [-0.1, -0.05) is 11.6 Å². The summed E-state index contributed by atoms with van der Waals surface area (Å²) in [6, 6.07) is 6.58. The first-order chi connectivity index (χ1) is 7.79. The summed E-state index contributed by atoms with van der Waals surface area (Å²) in [6.45, 7) is 1.67. The Hall–Kier alpha value is -0.380. The molecule has 0 radical (unpaired) electrons. The number of hydrogen-bond acceptors (Lipinski definition) is 3. The number of nitrogens with one attached hydrogen (secondary N) is 1. The molecule has 0 aromatic heterocycles. The third kappa shape index (κ3) is 3.06. The molecule has 1 N–H and O–H groups in total. The molecule has 0 saturated carbocycles. The van der Waals surface area contributed by atoms with Crippen molar-refractivity contribution in [1.82, 2.24) is 0 Å². The topological polar surface area (TPSA) is 21.3 Å². The number of ether oxygens (including phenoxy) is 1. The Labute approximate surface area is 106 Å². The lowest BCUT2D eigenvalue weighted by molar-refractivity contribution is 0.195. The van der Waals surface area contributed by atoms with Crippen LogP contribution in [-0.4, -0.2) is 25.5 Å². The molecule has 2 nitrogen and oxygen atoms in total. The minimum Gasteiger partial charge on any atom is -0.380 e. The number of benzene rings is 1. The van der Waals surface area contributed by atoms with Crippen molar-refractivity contribution in [3.8, 4) is 0 Å². The molecule has 0 amide bonds. The zero-order chi connectivity index (χ0) is 11.4. The first-order valence-corrected chi connectivity index (χ1v) is 7.18. The van der Waals surface area contributed by atoms with Gasteiger partial charge in [-0.05, 0) is 36.4 Å². The van der Waals surface area contributed by atoms with Crippen LogP contribution in [0.2, 0.25) is 5.02 Å². The van der Waals surface area contributed by atoms with Crippen LogP contribution in [0.4, 0.5) is 5.69 Å². The zero-order valence-corrected chi connectivity index (χ0v) is 10.9. The van der Waals surface area contributed by atoms with E-state index in [1.165, 1.54) is 5.56 Å². The van der Waals surface area contributed by atoms with Gasteiger partial charge in [-0.15, -0.1) is 0 Å². The molecule has 88 valence electrons. The van der Waals surface area contributed by atoms with Gasteiger partial charge in [0.2, 0.25) is 0 Å². The van der Waals surface area contributed by atoms with Gasteiger partial charge >= 0.3 is 0 Å². The maximum atomic E-state index is 6.13. The minimum absolute atomic E-state index is 0.448. The van der Waals surface area contributed by atoms with Gasteiger partial charge in [0.25, 0.3) is 0 Å². The predicted octanol–water partition coefficient (Wildman–Crippen LogP) is 3.40. The molecule has 0 aliphatic carbocycles. The molecule has 0 bridgehead atoms. The maximum Gasteiger partial charge on any atom is 0.0668 e. The molecule has 1 unspecified atom stereocenters. The fraction of sp³-hybridized carbons (Fsp3) is 0.500. The first kappa shape index (κ1) is 12.1. The fourth-order valence-corrected chi connectivity index (χ4v) is 2.63. The van der Waals surface area contributed by atoms with Gasteiger partial charge in [0.1, 0.15) is 0 Å². The van der Waals surface area contributed by atoms with Crippen molar-refractivity contribution in [1.29, 1.82) is 0 Å². The largest absolute Gasteiger partial charge is 0.380 e. The standard InChI is InChI=1S/C12H16ClNOS/c1-16-8-9-6-10(2-3-12(9)13)14-11-4-5-15-7-11/h2-3,6,11,14H,4-5,7-8H2,1H3. The molecule has 1 fully saturated rings. The Kier molecular flexibility index (Phi) is 4.38. The molecule has 1 atom stereocenters. The Morgan fingerprint density at radius 2 is 2.44 bits per heavy atom. The quantitative estimate of drug-likeness (QED) is 0.893. The van der Waals surface area contributed by atoms with Crippen molar-refractivity contribution in [3.63, 3.8) is 0 Å². The molecule has 2 rings (SSSR count). The molecule has 1 aromatic carbocycles. The van der Waals surface area contributed by atoms with Crippen LogP contribution in [0, 0.1) is 0 Å². The first-order valence-electron chi connectivity index (χ1n) is 5.41. The lowest BCUT2D eigenvalue weighted by Gasteiger charge is -2.13. The van der Waals surface area contributed by atoms with Gasteiger partial charge in [-0.2, -0.15) is 11.8 Å². The molecule has 1 aliphatic rings. The zero-order valence-electron chi connectivity index (χ0n) is 9.33. The number of anilines is 1. The highest BCUT2D eigenvalue weighted by atomic mass is 35.5. The van der Waals surface area contributed by atoms with Gasteiger partial charge in [0.05, 0.1) is 12.6 Å². The highest BCUT2D eigenvalue weighted by Gasteiger charge is 2.15. The van der Waals surface area contributed by atoms with Crippen molar-refractivity contribution in [2.75, 3.05) is 24.8 Å². The van der Waals surface area contributed by atoms with E-state index in [0.717, 1.165) is 36.1 Å². The minimum atomic E-state index is 0.448. The lowest BCUT2D eigenvalue weighted by atomic mass is 10.2. The average Bonchev–Trinajstić information content (AvgIpc) is 2.76. The van der Waals surface area contributed by atoms with Gasteiger partial charge in [-0.3, -0.25) is 0 Å². The predicted molar refractivity (Wildman–Crippen MR) is 71.5 cm³/mol. The second-order valence-corrected chi connectivity index (χ2v) is 5.22. The molecule has 1 aliphatic heterocycles. The van der Waals surface area contributed by atoms with E-state index in [2.05, 4.69) is 17.6 Å². The van der Waals surface area contributed by atoms with Gasteiger partial charge in [-0.25, -0.2) is 0 Å². The Bertz CT molecular complexity index is 353. The van der Waals surface area contributed by atoms with Crippen molar-refractivity contribution < 1.29 is 4.74 Å². The number of rotatable bonds is 4. The summed E-state index contributed by atoms with van der Waals surface area (Å²) in [4.78, 5) is 0. The van der Waals surface area contributed by atoms with Crippen molar-refractivity contribution in [2.45, 2.75) is 18.2 Å². The Morgan fingerprint density at radius 1 is 1.56 bits per heavy atom. The third-order valence-corrected chi connectivity index (χ3v) is 3.61. The van der Waals surface area contributed by atoms with Crippen LogP contribution in [0.3, 0.4) is 0 Å². The van der Waals surface area contributed by atoms with Crippen LogP contribution in [0.15, 0.2) is 18.2 Å². The van der Waals surface area contributed by atoms with E-state index in [9.17, 15) is 0 Å². The highest BCUT2D eigenvalue weighted by molar-refractivity contribution is 7.97. The van der Waals surface area contributed by atoms with Crippen LogP contribution in [0.1, 0.15) is 12.0 Å². The van der Waals surface area contributed by atoms with E-state index >= 15 is 0 Å². The molecule has 4 heteroatoms. The molecular weight excluding hydrogens is 242 g/mol. The molecule has 16 heavy (non-hydrogen) atoms. The Balaban J connectivity index is 2.05. The van der Waals surface area contributed by atoms with Crippen molar-refractivity contribution in [2.24, 2.45) is 0 Å². The van der Waals surface area contributed by atoms with E-state index in [-0.39, 0.29) is 0 Å². The van der Waals surface area contributed by atoms with Crippen LogP contribution in [0.25, 0.3) is 0 Å². The summed E-state index contributed by atoms with van der Waals surface area (Å²) in [5.41, 5.74) is 2.34. The second-order valence-electron chi connectivity index (χ2n) is 3.94. The van der Waals surface area contributed by atoms with E-state index in [1.807, 2.05) is 12.1 Å². The summed E-state index contributed by atoms with van der Waals surface area (Å²) in [5, 5.41) is 4.32.